The third-order valence-corrected chi connectivity index (χ3v) is 6.65. The van der Waals surface area contributed by atoms with Crippen molar-refractivity contribution in [2.24, 2.45) is 17.8 Å². The van der Waals surface area contributed by atoms with Gasteiger partial charge in [0.05, 0.1) is 0 Å². The predicted octanol–water partition coefficient (Wildman–Crippen LogP) is 3.84. The van der Waals surface area contributed by atoms with Crippen LogP contribution in [0.15, 0.2) is 0 Å². The molecule has 3 rings (SSSR count). The molecular formula is C21H36N2O2. The minimum Gasteiger partial charge on any atom is -0.343 e. The van der Waals surface area contributed by atoms with E-state index >= 15 is 0 Å². The fourth-order valence-corrected chi connectivity index (χ4v) is 5.07. The van der Waals surface area contributed by atoms with Crippen LogP contribution in [-0.4, -0.2) is 46.8 Å². The maximum Gasteiger partial charge on any atom is 0.249 e. The largest absolute Gasteiger partial charge is 0.343 e. The van der Waals surface area contributed by atoms with E-state index in [1.807, 2.05) is 0 Å². The molecule has 3 aliphatic rings. The standard InChI is InChI=1S/C21H36N2O2/c1-16(2)14-21(3)20(25)23(21)15-18-9-11-22(12-10-18)19(24)13-17-7-5-4-6-8-17/h16-18H,4-15H2,1-3H3. The lowest BCUT2D eigenvalue weighted by Crippen LogP contribution is -2.41. The number of carbonyl (C=O) groups is 2. The SMILES string of the molecule is CC(C)CC1(C)C(=O)N1CC1CCN(C(=O)CC2CCCCC2)CC1. The first-order chi connectivity index (χ1) is 11.9. The third-order valence-electron chi connectivity index (χ3n) is 6.65. The Kier molecular flexibility index (Phi) is 5.75. The van der Waals surface area contributed by atoms with Crippen molar-refractivity contribution in [2.75, 3.05) is 19.6 Å². The molecule has 2 saturated heterocycles. The van der Waals surface area contributed by atoms with Crippen molar-refractivity contribution < 1.29 is 9.59 Å². The fourth-order valence-electron chi connectivity index (χ4n) is 5.07. The topological polar surface area (TPSA) is 40.4 Å². The minimum absolute atomic E-state index is 0.206. The Morgan fingerprint density at radius 3 is 2.32 bits per heavy atom. The lowest BCUT2D eigenvalue weighted by Gasteiger charge is -2.34. The van der Waals surface area contributed by atoms with E-state index in [0.29, 0.717) is 29.6 Å². The summed E-state index contributed by atoms with van der Waals surface area (Å²) in [5.41, 5.74) is -0.206. The first-order valence-corrected chi connectivity index (χ1v) is 10.5. The van der Waals surface area contributed by atoms with Crippen molar-refractivity contribution in [2.45, 2.75) is 84.1 Å². The fraction of sp³-hybridized carbons (Fsp3) is 0.905. The Bertz CT molecular complexity index is 490. The Morgan fingerprint density at radius 1 is 1.08 bits per heavy atom. The molecule has 0 aromatic carbocycles. The summed E-state index contributed by atoms with van der Waals surface area (Å²) >= 11 is 0. The summed E-state index contributed by atoms with van der Waals surface area (Å²) in [5, 5.41) is 0. The van der Waals surface area contributed by atoms with Crippen molar-refractivity contribution in [1.29, 1.82) is 0 Å². The van der Waals surface area contributed by atoms with Gasteiger partial charge in [-0.3, -0.25) is 9.59 Å². The van der Waals surface area contributed by atoms with Gasteiger partial charge in [0.25, 0.3) is 0 Å². The number of hydrogen-bond donors (Lipinski definition) is 0. The van der Waals surface area contributed by atoms with Crippen molar-refractivity contribution in [1.82, 2.24) is 9.80 Å². The van der Waals surface area contributed by atoms with Gasteiger partial charge in [0.15, 0.2) is 0 Å². The Labute approximate surface area is 153 Å². The molecule has 0 aromatic heterocycles. The van der Waals surface area contributed by atoms with Crippen molar-refractivity contribution >= 4 is 11.8 Å². The van der Waals surface area contributed by atoms with E-state index in [2.05, 4.69) is 30.6 Å². The Hall–Kier alpha value is -1.06. The molecule has 4 heteroatoms. The van der Waals surface area contributed by atoms with Crippen LogP contribution in [0, 0.1) is 17.8 Å². The summed E-state index contributed by atoms with van der Waals surface area (Å²) in [6.07, 6.45) is 10.3. The molecule has 0 N–H and O–H groups in total. The normalized spacial score (nSPS) is 28.7. The Balaban J connectivity index is 1.40. The van der Waals surface area contributed by atoms with Gasteiger partial charge >= 0.3 is 0 Å². The predicted molar refractivity (Wildman–Crippen MR) is 100 cm³/mol. The summed E-state index contributed by atoms with van der Waals surface area (Å²) < 4.78 is 0. The van der Waals surface area contributed by atoms with E-state index in [1.54, 1.807) is 0 Å². The van der Waals surface area contributed by atoms with Gasteiger partial charge in [0.1, 0.15) is 5.54 Å². The molecule has 1 atom stereocenters. The second kappa shape index (κ2) is 7.67. The van der Waals surface area contributed by atoms with Gasteiger partial charge in [0.2, 0.25) is 11.8 Å². The number of likely N-dealkylation sites (tertiary alicyclic amines) is 1. The zero-order valence-corrected chi connectivity index (χ0v) is 16.4. The highest BCUT2D eigenvalue weighted by Gasteiger charge is 2.58. The highest BCUT2D eigenvalue weighted by Crippen LogP contribution is 2.41. The van der Waals surface area contributed by atoms with Gasteiger partial charge in [-0.15, -0.1) is 0 Å². The number of amides is 2. The van der Waals surface area contributed by atoms with Gasteiger partial charge in [-0.1, -0.05) is 33.1 Å². The average Bonchev–Trinajstić information content (AvgIpc) is 3.07. The van der Waals surface area contributed by atoms with Crippen molar-refractivity contribution in [3.8, 4) is 0 Å². The summed E-state index contributed by atoms with van der Waals surface area (Å²) in [4.78, 5) is 28.9. The average molecular weight is 349 g/mol. The van der Waals surface area contributed by atoms with E-state index < -0.39 is 0 Å². The smallest absolute Gasteiger partial charge is 0.249 e. The lowest BCUT2D eigenvalue weighted by atomic mass is 9.86. The van der Waals surface area contributed by atoms with Crippen LogP contribution in [0.4, 0.5) is 0 Å². The molecule has 0 radical (unpaired) electrons. The molecule has 142 valence electrons. The van der Waals surface area contributed by atoms with Gasteiger partial charge in [-0.05, 0) is 56.8 Å². The molecule has 4 nitrogen and oxygen atoms in total. The molecule has 25 heavy (non-hydrogen) atoms. The molecule has 2 aliphatic heterocycles. The quantitative estimate of drug-likeness (QED) is 0.684. The molecule has 2 amide bonds. The summed E-state index contributed by atoms with van der Waals surface area (Å²) in [5.74, 6) is 2.45. The van der Waals surface area contributed by atoms with Crippen LogP contribution < -0.4 is 0 Å². The second-order valence-electron chi connectivity index (χ2n) is 9.32. The molecule has 3 fully saturated rings. The van der Waals surface area contributed by atoms with Crippen LogP contribution in [-0.2, 0) is 9.59 Å². The van der Waals surface area contributed by atoms with E-state index in [-0.39, 0.29) is 5.54 Å². The molecule has 1 aliphatic carbocycles. The van der Waals surface area contributed by atoms with Crippen LogP contribution in [0.5, 0.6) is 0 Å². The molecule has 0 aromatic rings. The van der Waals surface area contributed by atoms with Crippen molar-refractivity contribution in [3.05, 3.63) is 0 Å². The number of hydrogen-bond acceptors (Lipinski definition) is 2. The summed E-state index contributed by atoms with van der Waals surface area (Å²) in [7, 11) is 0. The number of rotatable bonds is 6. The minimum atomic E-state index is -0.206. The third kappa shape index (κ3) is 4.38. The molecule has 2 heterocycles. The summed E-state index contributed by atoms with van der Waals surface area (Å²) in [6, 6.07) is 0. The Morgan fingerprint density at radius 2 is 1.72 bits per heavy atom. The highest BCUT2D eigenvalue weighted by atomic mass is 16.2. The van der Waals surface area contributed by atoms with E-state index in [9.17, 15) is 9.59 Å². The maximum atomic E-state index is 12.5. The molecule has 0 spiro atoms. The number of nitrogens with zero attached hydrogens (tertiary/aromatic N) is 2. The van der Waals surface area contributed by atoms with Gasteiger partial charge in [0, 0.05) is 26.1 Å². The van der Waals surface area contributed by atoms with E-state index in [1.165, 1.54) is 32.1 Å². The van der Waals surface area contributed by atoms with Crippen LogP contribution in [0.1, 0.15) is 78.6 Å². The first kappa shape index (κ1) is 18.7. The molecule has 1 unspecified atom stereocenters. The zero-order valence-electron chi connectivity index (χ0n) is 16.4. The second-order valence-corrected chi connectivity index (χ2v) is 9.32. The van der Waals surface area contributed by atoms with Gasteiger partial charge in [-0.2, -0.15) is 0 Å². The molecule has 0 bridgehead atoms. The van der Waals surface area contributed by atoms with Crippen LogP contribution in [0.25, 0.3) is 0 Å². The first-order valence-electron chi connectivity index (χ1n) is 10.5. The van der Waals surface area contributed by atoms with Crippen LogP contribution in [0.3, 0.4) is 0 Å². The monoisotopic (exact) mass is 348 g/mol. The van der Waals surface area contributed by atoms with Crippen LogP contribution >= 0.6 is 0 Å². The lowest BCUT2D eigenvalue weighted by molar-refractivity contribution is -0.134. The van der Waals surface area contributed by atoms with Gasteiger partial charge in [-0.25, -0.2) is 0 Å². The van der Waals surface area contributed by atoms with Gasteiger partial charge < -0.3 is 9.80 Å². The number of carbonyl (C=O) groups excluding carboxylic acids is 2. The molecular weight excluding hydrogens is 312 g/mol. The summed E-state index contributed by atoms with van der Waals surface area (Å²) in [6.45, 7) is 9.14. The van der Waals surface area contributed by atoms with E-state index in [4.69, 9.17) is 0 Å². The van der Waals surface area contributed by atoms with Crippen LogP contribution in [0.2, 0.25) is 0 Å². The highest BCUT2D eigenvalue weighted by molar-refractivity contribution is 6.01. The molecule has 1 saturated carbocycles. The maximum absolute atomic E-state index is 12.5. The number of piperidine rings is 1. The van der Waals surface area contributed by atoms with Crippen molar-refractivity contribution in [3.63, 3.8) is 0 Å². The zero-order chi connectivity index (χ0) is 18.0. The van der Waals surface area contributed by atoms with E-state index in [0.717, 1.165) is 45.3 Å².